The molecule has 0 fully saturated rings. The SMILES string of the molecule is Cc1cc(C(=O)N[C@@H]2CCCc3ccccc32)c(C)s1. The first-order valence-corrected chi connectivity index (χ1v) is 7.92. The van der Waals surface area contributed by atoms with Crippen LogP contribution in [0.1, 0.15) is 50.1 Å². The topological polar surface area (TPSA) is 29.1 Å². The van der Waals surface area contributed by atoms with Gasteiger partial charge < -0.3 is 5.32 Å². The lowest BCUT2D eigenvalue weighted by atomic mass is 9.87. The Bertz CT molecular complexity index is 644. The van der Waals surface area contributed by atoms with Crippen molar-refractivity contribution in [1.29, 1.82) is 0 Å². The van der Waals surface area contributed by atoms with Crippen molar-refractivity contribution >= 4 is 17.2 Å². The van der Waals surface area contributed by atoms with E-state index in [1.807, 2.05) is 19.9 Å². The number of thiophene rings is 1. The monoisotopic (exact) mass is 285 g/mol. The number of aryl methyl sites for hydroxylation is 3. The van der Waals surface area contributed by atoms with Crippen LogP contribution in [0.3, 0.4) is 0 Å². The van der Waals surface area contributed by atoms with E-state index < -0.39 is 0 Å². The summed E-state index contributed by atoms with van der Waals surface area (Å²) in [6.07, 6.45) is 3.30. The van der Waals surface area contributed by atoms with E-state index in [-0.39, 0.29) is 11.9 Å². The zero-order chi connectivity index (χ0) is 14.1. The number of hydrogen-bond donors (Lipinski definition) is 1. The van der Waals surface area contributed by atoms with Crippen molar-refractivity contribution in [2.45, 2.75) is 39.2 Å². The Kier molecular flexibility index (Phi) is 3.62. The lowest BCUT2D eigenvalue weighted by molar-refractivity contribution is 0.0932. The van der Waals surface area contributed by atoms with Gasteiger partial charge in [-0.1, -0.05) is 24.3 Å². The van der Waals surface area contributed by atoms with Crippen LogP contribution in [0.15, 0.2) is 30.3 Å². The first-order chi connectivity index (χ1) is 9.65. The molecule has 1 heterocycles. The van der Waals surface area contributed by atoms with Gasteiger partial charge in [0.15, 0.2) is 0 Å². The Hall–Kier alpha value is -1.61. The van der Waals surface area contributed by atoms with Gasteiger partial charge in [0.2, 0.25) is 0 Å². The molecule has 0 radical (unpaired) electrons. The average molecular weight is 285 g/mol. The number of amides is 1. The molecule has 2 nitrogen and oxygen atoms in total. The largest absolute Gasteiger partial charge is 0.345 e. The standard InChI is InChI=1S/C17H19NOS/c1-11-10-15(12(2)20-11)17(19)18-16-9-5-7-13-6-3-4-8-14(13)16/h3-4,6,8,10,16H,5,7,9H2,1-2H3,(H,18,19)/t16-/m1/s1. The van der Waals surface area contributed by atoms with E-state index >= 15 is 0 Å². The minimum atomic E-state index is 0.0635. The second-order valence-electron chi connectivity index (χ2n) is 5.44. The molecule has 2 aromatic rings. The molecule has 104 valence electrons. The van der Waals surface area contributed by atoms with Crippen LogP contribution in [0.2, 0.25) is 0 Å². The fraction of sp³-hybridized carbons (Fsp3) is 0.353. The molecule has 1 N–H and O–H groups in total. The highest BCUT2D eigenvalue weighted by molar-refractivity contribution is 7.12. The summed E-state index contributed by atoms with van der Waals surface area (Å²) in [6, 6.07) is 10.6. The first kappa shape index (κ1) is 13.4. The van der Waals surface area contributed by atoms with Gasteiger partial charge in [-0.25, -0.2) is 0 Å². The third-order valence-electron chi connectivity index (χ3n) is 3.96. The van der Waals surface area contributed by atoms with Gasteiger partial charge in [0, 0.05) is 9.75 Å². The highest BCUT2D eigenvalue weighted by Gasteiger charge is 2.22. The molecular weight excluding hydrogens is 266 g/mol. The zero-order valence-electron chi connectivity index (χ0n) is 11.9. The van der Waals surface area contributed by atoms with E-state index in [2.05, 4.69) is 29.6 Å². The molecule has 3 heteroatoms. The molecule has 0 saturated heterocycles. The molecule has 20 heavy (non-hydrogen) atoms. The summed E-state index contributed by atoms with van der Waals surface area (Å²) in [6.45, 7) is 4.06. The molecule has 1 atom stereocenters. The van der Waals surface area contributed by atoms with Gasteiger partial charge >= 0.3 is 0 Å². The molecule has 1 aliphatic rings. The van der Waals surface area contributed by atoms with Crippen LogP contribution in [-0.2, 0) is 6.42 Å². The zero-order valence-corrected chi connectivity index (χ0v) is 12.7. The maximum Gasteiger partial charge on any atom is 0.252 e. The van der Waals surface area contributed by atoms with Crippen molar-refractivity contribution in [2.24, 2.45) is 0 Å². The molecule has 1 aromatic carbocycles. The molecule has 0 saturated carbocycles. The molecular formula is C17H19NOS. The third-order valence-corrected chi connectivity index (χ3v) is 4.93. The van der Waals surface area contributed by atoms with Crippen LogP contribution in [-0.4, -0.2) is 5.91 Å². The molecule has 1 aromatic heterocycles. The van der Waals surface area contributed by atoms with Crippen molar-refractivity contribution in [3.8, 4) is 0 Å². The summed E-state index contributed by atoms with van der Waals surface area (Å²) >= 11 is 1.68. The van der Waals surface area contributed by atoms with E-state index in [0.717, 1.165) is 29.7 Å². The quantitative estimate of drug-likeness (QED) is 0.881. The minimum absolute atomic E-state index is 0.0635. The van der Waals surface area contributed by atoms with Gasteiger partial charge in [-0.15, -0.1) is 11.3 Å². The van der Waals surface area contributed by atoms with Crippen LogP contribution in [0, 0.1) is 13.8 Å². The van der Waals surface area contributed by atoms with Gasteiger partial charge in [0.05, 0.1) is 11.6 Å². The van der Waals surface area contributed by atoms with Gasteiger partial charge in [-0.05, 0) is 50.3 Å². The summed E-state index contributed by atoms with van der Waals surface area (Å²) in [5, 5.41) is 3.21. The lowest BCUT2D eigenvalue weighted by Crippen LogP contribution is -2.31. The van der Waals surface area contributed by atoms with E-state index in [4.69, 9.17) is 0 Å². The number of rotatable bonds is 2. The Labute approximate surface area is 123 Å². The Morgan fingerprint density at radius 1 is 1.30 bits per heavy atom. The average Bonchev–Trinajstić information content (AvgIpc) is 2.78. The number of benzene rings is 1. The summed E-state index contributed by atoms with van der Waals surface area (Å²) in [4.78, 5) is 14.7. The second-order valence-corrected chi connectivity index (χ2v) is 6.90. The summed E-state index contributed by atoms with van der Waals surface area (Å²) in [7, 11) is 0. The molecule has 0 spiro atoms. The third kappa shape index (κ3) is 2.50. The fourth-order valence-corrected chi connectivity index (χ4v) is 3.92. The molecule has 0 bridgehead atoms. The van der Waals surface area contributed by atoms with Crippen molar-refractivity contribution < 1.29 is 4.79 Å². The smallest absolute Gasteiger partial charge is 0.252 e. The number of hydrogen-bond acceptors (Lipinski definition) is 2. The van der Waals surface area contributed by atoms with E-state index in [1.54, 1.807) is 11.3 Å². The number of fused-ring (bicyclic) bond motifs is 1. The summed E-state index contributed by atoms with van der Waals surface area (Å²) < 4.78 is 0. The van der Waals surface area contributed by atoms with Crippen LogP contribution in [0.5, 0.6) is 0 Å². The maximum atomic E-state index is 12.5. The Morgan fingerprint density at radius 3 is 2.85 bits per heavy atom. The highest BCUT2D eigenvalue weighted by atomic mass is 32.1. The summed E-state index contributed by atoms with van der Waals surface area (Å²) in [5.74, 6) is 0.0635. The van der Waals surface area contributed by atoms with Crippen LogP contribution >= 0.6 is 11.3 Å². The van der Waals surface area contributed by atoms with Gasteiger partial charge in [-0.2, -0.15) is 0 Å². The highest BCUT2D eigenvalue weighted by Crippen LogP contribution is 2.30. The Balaban J connectivity index is 1.82. The van der Waals surface area contributed by atoms with E-state index in [9.17, 15) is 4.79 Å². The van der Waals surface area contributed by atoms with Gasteiger partial charge in [0.25, 0.3) is 5.91 Å². The van der Waals surface area contributed by atoms with Crippen molar-refractivity contribution in [1.82, 2.24) is 5.32 Å². The maximum absolute atomic E-state index is 12.5. The lowest BCUT2D eigenvalue weighted by Gasteiger charge is -2.26. The van der Waals surface area contributed by atoms with Crippen LogP contribution in [0.4, 0.5) is 0 Å². The number of nitrogens with one attached hydrogen (secondary N) is 1. The first-order valence-electron chi connectivity index (χ1n) is 7.11. The van der Waals surface area contributed by atoms with Crippen molar-refractivity contribution in [3.63, 3.8) is 0 Å². The number of carbonyl (C=O) groups is 1. The van der Waals surface area contributed by atoms with Gasteiger partial charge in [0.1, 0.15) is 0 Å². The molecule has 0 unspecified atom stereocenters. The molecule has 1 aliphatic carbocycles. The van der Waals surface area contributed by atoms with E-state index in [1.165, 1.54) is 16.0 Å². The normalized spacial score (nSPS) is 17.6. The van der Waals surface area contributed by atoms with Crippen molar-refractivity contribution in [3.05, 3.63) is 56.8 Å². The second kappa shape index (κ2) is 5.41. The van der Waals surface area contributed by atoms with E-state index in [0.29, 0.717) is 0 Å². The fourth-order valence-electron chi connectivity index (χ4n) is 3.00. The Morgan fingerprint density at radius 2 is 2.10 bits per heavy atom. The predicted octanol–water partition coefficient (Wildman–Crippen LogP) is 4.17. The van der Waals surface area contributed by atoms with Crippen LogP contribution < -0.4 is 5.32 Å². The predicted molar refractivity (Wildman–Crippen MR) is 83.4 cm³/mol. The number of carbonyl (C=O) groups excluding carboxylic acids is 1. The molecule has 0 aliphatic heterocycles. The van der Waals surface area contributed by atoms with Crippen LogP contribution in [0.25, 0.3) is 0 Å². The van der Waals surface area contributed by atoms with Gasteiger partial charge in [-0.3, -0.25) is 4.79 Å². The van der Waals surface area contributed by atoms with Crippen molar-refractivity contribution in [2.75, 3.05) is 0 Å². The molecule has 3 rings (SSSR count). The molecule has 1 amide bonds. The summed E-state index contributed by atoms with van der Waals surface area (Å²) in [5.41, 5.74) is 3.49. The minimum Gasteiger partial charge on any atom is -0.345 e.